The maximum atomic E-state index is 13.4. The summed E-state index contributed by atoms with van der Waals surface area (Å²) >= 11 is 0. The molecule has 2 aromatic heterocycles. The third kappa shape index (κ3) is 3.04. The van der Waals surface area contributed by atoms with E-state index >= 15 is 0 Å². The summed E-state index contributed by atoms with van der Waals surface area (Å²) in [5.74, 6) is 1.80. The maximum absolute atomic E-state index is 13.4. The Bertz CT molecular complexity index is 1240. The predicted molar refractivity (Wildman–Crippen MR) is 117 cm³/mol. The van der Waals surface area contributed by atoms with Crippen molar-refractivity contribution in [1.29, 1.82) is 0 Å². The molecule has 7 heteroatoms. The van der Waals surface area contributed by atoms with Crippen LogP contribution in [0.3, 0.4) is 0 Å². The fraction of sp³-hybridized carbons (Fsp3) is 0.217. The minimum Gasteiger partial charge on any atom is -0.457 e. The minimum absolute atomic E-state index is 0.0963. The van der Waals surface area contributed by atoms with Crippen molar-refractivity contribution >= 4 is 16.9 Å². The van der Waals surface area contributed by atoms with Gasteiger partial charge in [0.1, 0.15) is 22.8 Å². The van der Waals surface area contributed by atoms with Crippen molar-refractivity contribution in [3.05, 3.63) is 77.3 Å². The lowest BCUT2D eigenvalue weighted by molar-refractivity contribution is 0.236. The van der Waals surface area contributed by atoms with Gasteiger partial charge in [0.05, 0.1) is 11.2 Å². The zero-order valence-electron chi connectivity index (χ0n) is 16.7. The van der Waals surface area contributed by atoms with Gasteiger partial charge in [-0.3, -0.25) is 9.13 Å². The quantitative estimate of drug-likeness (QED) is 0.535. The Labute approximate surface area is 173 Å². The number of nitrogen functional groups attached to an aromatic ring is 1. The first kappa shape index (κ1) is 18.4. The van der Waals surface area contributed by atoms with Crippen molar-refractivity contribution in [2.24, 2.45) is 0 Å². The molecule has 0 atom stereocenters. The van der Waals surface area contributed by atoms with Crippen LogP contribution >= 0.6 is 0 Å². The number of pyridine rings is 1. The van der Waals surface area contributed by atoms with Crippen LogP contribution in [0.5, 0.6) is 11.5 Å². The second-order valence-corrected chi connectivity index (χ2v) is 7.57. The molecular formula is C23H23N5O2. The van der Waals surface area contributed by atoms with Gasteiger partial charge < -0.3 is 15.8 Å². The highest BCUT2D eigenvalue weighted by atomic mass is 16.5. The molecule has 0 spiro atoms. The standard InChI is InChI=1S/C23H23N5O2/c1-25-15-13-17(14-15)27-20-11-12-26-22(24)21(20)28(23(27)29)16-7-9-19(10-8-16)30-18-5-3-2-4-6-18/h2-12,15,17,25H,13-14H2,1H3,(H2,24,26). The number of fused-ring (bicyclic) bond motifs is 1. The molecule has 0 bridgehead atoms. The van der Waals surface area contributed by atoms with Gasteiger partial charge in [-0.25, -0.2) is 9.78 Å². The molecule has 2 heterocycles. The van der Waals surface area contributed by atoms with Crippen molar-refractivity contribution in [1.82, 2.24) is 19.4 Å². The Morgan fingerprint density at radius 1 is 1.03 bits per heavy atom. The molecule has 1 aliphatic carbocycles. The molecule has 0 aliphatic heterocycles. The first-order valence-electron chi connectivity index (χ1n) is 10.0. The molecule has 3 N–H and O–H groups in total. The number of benzene rings is 2. The van der Waals surface area contributed by atoms with Crippen molar-refractivity contribution in [3.63, 3.8) is 0 Å². The summed E-state index contributed by atoms with van der Waals surface area (Å²) in [5.41, 5.74) is 8.30. The summed E-state index contributed by atoms with van der Waals surface area (Å²) in [5, 5.41) is 3.27. The van der Waals surface area contributed by atoms with Crippen LogP contribution in [-0.4, -0.2) is 27.2 Å². The molecule has 0 radical (unpaired) electrons. The van der Waals surface area contributed by atoms with Gasteiger partial charge in [0, 0.05) is 18.3 Å². The number of nitrogens with two attached hydrogens (primary N) is 1. The van der Waals surface area contributed by atoms with Gasteiger partial charge in [-0.15, -0.1) is 0 Å². The Morgan fingerprint density at radius 3 is 2.43 bits per heavy atom. The van der Waals surface area contributed by atoms with Gasteiger partial charge >= 0.3 is 5.69 Å². The van der Waals surface area contributed by atoms with Gasteiger partial charge in [0.2, 0.25) is 0 Å². The average molecular weight is 401 g/mol. The van der Waals surface area contributed by atoms with Crippen molar-refractivity contribution in [2.75, 3.05) is 12.8 Å². The second kappa shape index (κ2) is 7.35. The highest BCUT2D eigenvalue weighted by molar-refractivity contribution is 5.87. The summed E-state index contributed by atoms with van der Waals surface area (Å²) in [6.45, 7) is 0. The summed E-state index contributed by atoms with van der Waals surface area (Å²) in [6, 6.07) is 19.5. The molecule has 1 aliphatic rings. The van der Waals surface area contributed by atoms with E-state index in [1.54, 1.807) is 10.8 Å². The van der Waals surface area contributed by atoms with E-state index in [9.17, 15) is 4.79 Å². The molecule has 30 heavy (non-hydrogen) atoms. The SMILES string of the molecule is CNC1CC(n2c(=O)n(-c3ccc(Oc4ccccc4)cc3)c3c(N)nccc32)C1. The number of aromatic nitrogens is 3. The summed E-state index contributed by atoms with van der Waals surface area (Å²) in [4.78, 5) is 17.7. The third-order valence-electron chi connectivity index (χ3n) is 5.77. The molecule has 0 unspecified atom stereocenters. The van der Waals surface area contributed by atoms with Crippen molar-refractivity contribution in [3.8, 4) is 17.2 Å². The zero-order valence-corrected chi connectivity index (χ0v) is 16.7. The van der Waals surface area contributed by atoms with Gasteiger partial charge in [-0.2, -0.15) is 0 Å². The number of nitrogens with zero attached hydrogens (tertiary/aromatic N) is 3. The number of rotatable bonds is 5. The molecular weight excluding hydrogens is 378 g/mol. The van der Waals surface area contributed by atoms with Gasteiger partial charge in [-0.1, -0.05) is 18.2 Å². The maximum Gasteiger partial charge on any atom is 0.334 e. The zero-order chi connectivity index (χ0) is 20.7. The predicted octanol–water partition coefficient (Wildman–Crippen LogP) is 3.48. The van der Waals surface area contributed by atoms with Crippen LogP contribution in [0.25, 0.3) is 16.7 Å². The van der Waals surface area contributed by atoms with E-state index in [-0.39, 0.29) is 11.7 Å². The molecule has 1 fully saturated rings. The first-order valence-corrected chi connectivity index (χ1v) is 10.0. The van der Waals surface area contributed by atoms with E-state index < -0.39 is 0 Å². The van der Waals surface area contributed by atoms with Crippen LogP contribution in [0.15, 0.2) is 71.7 Å². The molecule has 4 aromatic rings. The van der Waals surface area contributed by atoms with Crippen LogP contribution in [0.2, 0.25) is 0 Å². The lowest BCUT2D eigenvalue weighted by atomic mass is 9.86. The molecule has 5 rings (SSSR count). The highest BCUT2D eigenvalue weighted by Crippen LogP contribution is 2.35. The second-order valence-electron chi connectivity index (χ2n) is 7.57. The number of hydrogen-bond acceptors (Lipinski definition) is 5. The number of hydrogen-bond donors (Lipinski definition) is 2. The number of nitrogens with one attached hydrogen (secondary N) is 1. The van der Waals surface area contributed by atoms with Crippen LogP contribution in [0.4, 0.5) is 5.82 Å². The van der Waals surface area contributed by atoms with Gasteiger partial charge in [0.25, 0.3) is 0 Å². The average Bonchev–Trinajstić information content (AvgIpc) is 3.02. The van der Waals surface area contributed by atoms with Crippen LogP contribution < -0.4 is 21.5 Å². The molecule has 0 saturated heterocycles. The Kier molecular flexibility index (Phi) is 4.52. The van der Waals surface area contributed by atoms with E-state index in [2.05, 4.69) is 10.3 Å². The summed E-state index contributed by atoms with van der Waals surface area (Å²) in [7, 11) is 1.95. The third-order valence-corrected chi connectivity index (χ3v) is 5.77. The Balaban J connectivity index is 1.56. The minimum atomic E-state index is -0.0963. The molecule has 7 nitrogen and oxygen atoms in total. The lowest BCUT2D eigenvalue weighted by Gasteiger charge is -2.35. The fourth-order valence-electron chi connectivity index (χ4n) is 4.10. The number of ether oxygens (including phenoxy) is 1. The molecule has 1 saturated carbocycles. The van der Waals surface area contributed by atoms with Gasteiger partial charge in [0.15, 0.2) is 0 Å². The smallest absolute Gasteiger partial charge is 0.334 e. The lowest BCUT2D eigenvalue weighted by Crippen LogP contribution is -2.43. The topological polar surface area (TPSA) is 87.1 Å². The molecule has 0 amide bonds. The van der Waals surface area contributed by atoms with Crippen LogP contribution in [0, 0.1) is 0 Å². The largest absolute Gasteiger partial charge is 0.457 e. The van der Waals surface area contributed by atoms with Crippen molar-refractivity contribution in [2.45, 2.75) is 24.9 Å². The van der Waals surface area contributed by atoms with E-state index in [4.69, 9.17) is 10.5 Å². The normalized spacial score (nSPS) is 18.3. The van der Waals surface area contributed by atoms with Crippen LogP contribution in [-0.2, 0) is 0 Å². The highest BCUT2D eigenvalue weighted by Gasteiger charge is 2.33. The Morgan fingerprint density at radius 2 is 1.73 bits per heavy atom. The van der Waals surface area contributed by atoms with Crippen LogP contribution in [0.1, 0.15) is 18.9 Å². The summed E-state index contributed by atoms with van der Waals surface area (Å²) in [6.07, 6.45) is 3.49. The molecule has 152 valence electrons. The number of imidazole rings is 1. The Hall–Kier alpha value is -3.58. The summed E-state index contributed by atoms with van der Waals surface area (Å²) < 4.78 is 9.37. The van der Waals surface area contributed by atoms with E-state index in [1.165, 1.54) is 0 Å². The number of anilines is 1. The van der Waals surface area contributed by atoms with Crippen molar-refractivity contribution < 1.29 is 4.74 Å². The number of para-hydroxylation sites is 1. The van der Waals surface area contributed by atoms with E-state index in [1.807, 2.05) is 72.3 Å². The van der Waals surface area contributed by atoms with E-state index in [0.717, 1.165) is 29.8 Å². The first-order chi connectivity index (χ1) is 14.7. The van der Waals surface area contributed by atoms with E-state index in [0.29, 0.717) is 23.1 Å². The van der Waals surface area contributed by atoms with Gasteiger partial charge in [-0.05, 0) is 62.4 Å². The monoisotopic (exact) mass is 401 g/mol. The molecule has 2 aromatic carbocycles. The fourth-order valence-corrected chi connectivity index (χ4v) is 4.10.